The van der Waals surface area contributed by atoms with Gasteiger partial charge in [-0.2, -0.15) is 0 Å². The van der Waals surface area contributed by atoms with E-state index in [1.165, 1.54) is 12.2 Å². The summed E-state index contributed by atoms with van der Waals surface area (Å²) in [5.41, 5.74) is 1.40. The van der Waals surface area contributed by atoms with Gasteiger partial charge in [0.25, 0.3) is 0 Å². The van der Waals surface area contributed by atoms with E-state index in [9.17, 15) is 13.6 Å². The topological polar surface area (TPSA) is 51.2 Å². The maximum atomic E-state index is 13.9. The maximum Gasteiger partial charge on any atom is 0.309 e. The van der Waals surface area contributed by atoms with Crippen molar-refractivity contribution in [3.05, 3.63) is 47.4 Å². The molecule has 0 aromatic carbocycles. The molecule has 0 aliphatic heterocycles. The summed E-state index contributed by atoms with van der Waals surface area (Å²) in [5, 5.41) is 3.02. The van der Waals surface area contributed by atoms with Crippen LogP contribution in [0.4, 0.5) is 14.6 Å². The van der Waals surface area contributed by atoms with Gasteiger partial charge in [-0.15, -0.1) is 0 Å². The molecule has 0 spiro atoms. The molecule has 0 bridgehead atoms. The van der Waals surface area contributed by atoms with Crippen molar-refractivity contribution in [3.8, 4) is 0 Å². The highest BCUT2D eigenvalue weighted by atomic mass is 79.9. The molecule has 2 aliphatic rings. The Bertz CT molecular complexity index is 716. The quantitative estimate of drug-likeness (QED) is 0.555. The summed E-state index contributed by atoms with van der Waals surface area (Å²) in [7, 11) is 0. The number of esters is 1. The average Bonchev–Trinajstić information content (AvgIpc) is 3.35. The summed E-state index contributed by atoms with van der Waals surface area (Å²) in [6.45, 7) is 2.41. The van der Waals surface area contributed by atoms with Gasteiger partial charge in [-0.3, -0.25) is 4.79 Å². The molecule has 1 saturated carbocycles. The van der Waals surface area contributed by atoms with E-state index in [0.717, 1.165) is 12.0 Å². The zero-order chi connectivity index (χ0) is 18.0. The normalized spacial score (nSPS) is 28.0. The molecule has 7 heteroatoms. The molecule has 1 aromatic heterocycles. The van der Waals surface area contributed by atoms with E-state index in [1.807, 2.05) is 6.07 Å². The van der Waals surface area contributed by atoms with Gasteiger partial charge in [0, 0.05) is 24.7 Å². The molecule has 134 valence electrons. The Kier molecular flexibility index (Phi) is 5.22. The zero-order valence-electron chi connectivity index (χ0n) is 13.8. The van der Waals surface area contributed by atoms with Gasteiger partial charge in [0.05, 0.1) is 12.5 Å². The van der Waals surface area contributed by atoms with Gasteiger partial charge in [-0.25, -0.2) is 13.8 Å². The zero-order valence-corrected chi connectivity index (χ0v) is 15.4. The lowest BCUT2D eigenvalue weighted by Gasteiger charge is -2.19. The fourth-order valence-corrected chi connectivity index (χ4v) is 3.21. The molecular formula is C18H19BrF2N2O2. The molecule has 1 aromatic rings. The Morgan fingerprint density at radius 3 is 2.96 bits per heavy atom. The van der Waals surface area contributed by atoms with Crippen LogP contribution in [0, 0.1) is 5.92 Å². The van der Waals surface area contributed by atoms with Crippen LogP contribution in [0.5, 0.6) is 0 Å². The van der Waals surface area contributed by atoms with Crippen molar-refractivity contribution in [2.75, 3.05) is 18.5 Å². The first kappa shape index (κ1) is 18.0. The van der Waals surface area contributed by atoms with Gasteiger partial charge in [0.15, 0.2) is 4.58 Å². The van der Waals surface area contributed by atoms with Crippen molar-refractivity contribution >= 4 is 27.7 Å². The second-order valence-corrected chi connectivity index (χ2v) is 7.55. The fourth-order valence-electron chi connectivity index (χ4n) is 2.84. The summed E-state index contributed by atoms with van der Waals surface area (Å²) >= 11 is 2.82. The van der Waals surface area contributed by atoms with Crippen LogP contribution < -0.4 is 5.32 Å². The minimum atomic E-state index is -1.81. The van der Waals surface area contributed by atoms with Gasteiger partial charge < -0.3 is 10.1 Å². The number of aromatic nitrogens is 1. The number of ether oxygens (including phenoxy) is 1. The van der Waals surface area contributed by atoms with Gasteiger partial charge in [0.1, 0.15) is 11.6 Å². The monoisotopic (exact) mass is 412 g/mol. The number of hydrogen-bond donors (Lipinski definition) is 1. The lowest BCUT2D eigenvalue weighted by molar-refractivity contribution is -0.144. The van der Waals surface area contributed by atoms with E-state index in [1.54, 1.807) is 19.2 Å². The summed E-state index contributed by atoms with van der Waals surface area (Å²) in [4.78, 5) is 16.0. The molecular weight excluding hydrogens is 394 g/mol. The van der Waals surface area contributed by atoms with Crippen LogP contribution in [0.3, 0.4) is 0 Å². The third-order valence-electron chi connectivity index (χ3n) is 4.32. The van der Waals surface area contributed by atoms with Crippen LogP contribution >= 0.6 is 15.9 Å². The minimum Gasteiger partial charge on any atom is -0.466 e. The Morgan fingerprint density at radius 1 is 1.52 bits per heavy atom. The summed E-state index contributed by atoms with van der Waals surface area (Å²) < 4.78 is 30.7. The highest BCUT2D eigenvalue weighted by Gasteiger charge is 2.45. The lowest BCUT2D eigenvalue weighted by atomic mass is 10.0. The number of hydrogen-bond acceptors (Lipinski definition) is 4. The van der Waals surface area contributed by atoms with E-state index in [4.69, 9.17) is 4.74 Å². The molecule has 2 aliphatic carbocycles. The Hall–Kier alpha value is -1.76. The first-order chi connectivity index (χ1) is 11.9. The lowest BCUT2D eigenvalue weighted by Crippen LogP contribution is -2.17. The Labute approximate surface area is 153 Å². The molecule has 1 fully saturated rings. The van der Waals surface area contributed by atoms with E-state index in [0.29, 0.717) is 18.0 Å². The van der Waals surface area contributed by atoms with Crippen LogP contribution in [-0.2, 0) is 9.53 Å². The summed E-state index contributed by atoms with van der Waals surface area (Å²) in [6.07, 6.45) is 4.92. The number of rotatable bonds is 6. The first-order valence-corrected chi connectivity index (χ1v) is 9.00. The third kappa shape index (κ3) is 4.45. The third-order valence-corrected chi connectivity index (χ3v) is 4.87. The minimum absolute atomic E-state index is 0.0718. The van der Waals surface area contributed by atoms with Crippen molar-refractivity contribution in [1.82, 2.24) is 4.98 Å². The SMILES string of the molecule is CCOC(=O)[C@H]1C[C@@H]1c1ccc(NCC2=C(F)CC(F)(Br)C=C2)nc1. The maximum absolute atomic E-state index is 13.9. The second kappa shape index (κ2) is 7.23. The number of anilines is 1. The van der Waals surface area contributed by atoms with Gasteiger partial charge >= 0.3 is 5.97 Å². The van der Waals surface area contributed by atoms with Crippen LogP contribution in [0.2, 0.25) is 0 Å². The smallest absolute Gasteiger partial charge is 0.309 e. The highest BCUT2D eigenvalue weighted by Crippen LogP contribution is 2.48. The first-order valence-electron chi connectivity index (χ1n) is 8.20. The number of nitrogens with one attached hydrogen (secondary N) is 1. The number of nitrogens with zero attached hydrogens (tertiary/aromatic N) is 1. The molecule has 1 heterocycles. The fraction of sp³-hybridized carbons (Fsp3) is 0.444. The summed E-state index contributed by atoms with van der Waals surface area (Å²) in [5.74, 6) is 0.0518. The van der Waals surface area contributed by atoms with Crippen molar-refractivity contribution in [1.29, 1.82) is 0 Å². The number of halogens is 3. The average molecular weight is 413 g/mol. The largest absolute Gasteiger partial charge is 0.466 e. The Balaban J connectivity index is 1.54. The molecule has 0 radical (unpaired) electrons. The molecule has 0 saturated heterocycles. The predicted molar refractivity (Wildman–Crippen MR) is 94.9 cm³/mol. The van der Waals surface area contributed by atoms with Gasteiger partial charge in [-0.05, 0) is 52.9 Å². The molecule has 3 atom stereocenters. The van der Waals surface area contributed by atoms with Crippen molar-refractivity contribution in [2.45, 2.75) is 30.3 Å². The predicted octanol–water partition coefficient (Wildman–Crippen LogP) is 4.40. The van der Waals surface area contributed by atoms with E-state index in [2.05, 4.69) is 26.2 Å². The van der Waals surface area contributed by atoms with Crippen LogP contribution in [0.25, 0.3) is 0 Å². The van der Waals surface area contributed by atoms with E-state index < -0.39 is 10.4 Å². The molecule has 1 N–H and O–H groups in total. The van der Waals surface area contributed by atoms with Crippen molar-refractivity contribution in [2.24, 2.45) is 5.92 Å². The molecule has 4 nitrogen and oxygen atoms in total. The number of pyridine rings is 1. The standard InChI is InChI=1S/C18H19BrF2N2O2/c1-2-25-17(24)14-7-13(14)11-3-4-16(22-9-11)23-10-12-5-6-18(19,21)8-15(12)20/h3-6,9,13-14H,2,7-8,10H2,1H3,(H,22,23)/t13-,14+,18?/m1/s1. The molecule has 0 amide bonds. The van der Waals surface area contributed by atoms with Crippen LogP contribution in [0.15, 0.2) is 41.9 Å². The van der Waals surface area contributed by atoms with Gasteiger partial charge in [-0.1, -0.05) is 12.1 Å². The second-order valence-electron chi connectivity index (χ2n) is 6.23. The number of carbonyl (C=O) groups excluding carboxylic acids is 1. The van der Waals surface area contributed by atoms with E-state index in [-0.39, 0.29) is 30.8 Å². The van der Waals surface area contributed by atoms with Crippen molar-refractivity contribution in [3.63, 3.8) is 0 Å². The molecule has 3 rings (SSSR count). The van der Waals surface area contributed by atoms with Crippen molar-refractivity contribution < 1.29 is 18.3 Å². The number of carbonyl (C=O) groups is 1. The number of allylic oxidation sites excluding steroid dienone is 2. The van der Waals surface area contributed by atoms with Gasteiger partial charge in [0.2, 0.25) is 0 Å². The molecule has 25 heavy (non-hydrogen) atoms. The number of alkyl halides is 2. The Morgan fingerprint density at radius 2 is 2.32 bits per heavy atom. The van der Waals surface area contributed by atoms with E-state index >= 15 is 0 Å². The van der Waals surface area contributed by atoms with Crippen LogP contribution in [-0.4, -0.2) is 28.7 Å². The highest BCUT2D eigenvalue weighted by molar-refractivity contribution is 9.10. The van der Waals surface area contributed by atoms with Crippen LogP contribution in [0.1, 0.15) is 31.2 Å². The summed E-state index contributed by atoms with van der Waals surface area (Å²) in [6, 6.07) is 3.70. The molecule has 1 unspecified atom stereocenters.